The average molecular weight is 634 g/mol. The van der Waals surface area contributed by atoms with Crippen LogP contribution in [0.25, 0.3) is 0 Å². The number of halogens is 1. The second-order valence-corrected chi connectivity index (χ2v) is 11.7. The molecule has 37 heavy (non-hydrogen) atoms. The number of benzene rings is 3. The molecule has 0 spiro atoms. The molecule has 3 aromatic carbocycles. The fourth-order valence-electron chi connectivity index (χ4n) is 3.75. The maximum atomic E-state index is 13.8. The second kappa shape index (κ2) is 13.6. The molecule has 3 aromatic rings. The van der Waals surface area contributed by atoms with Crippen LogP contribution in [0, 0.1) is 3.57 Å². The second-order valence-electron chi connectivity index (χ2n) is 8.63. The molecule has 0 aromatic heterocycles. The average Bonchev–Trinajstić information content (AvgIpc) is 2.91. The molecule has 7 nitrogen and oxygen atoms in total. The van der Waals surface area contributed by atoms with Gasteiger partial charge in [-0.1, -0.05) is 61.9 Å². The van der Waals surface area contributed by atoms with Crippen LogP contribution in [0.4, 0.5) is 5.69 Å². The lowest BCUT2D eigenvalue weighted by Gasteiger charge is -2.32. The van der Waals surface area contributed by atoms with Crippen molar-refractivity contribution in [1.29, 1.82) is 0 Å². The molecular formula is C28H32IN3O4S. The van der Waals surface area contributed by atoms with E-state index in [1.807, 2.05) is 37.3 Å². The number of carbonyl (C=O) groups is 2. The molecule has 9 heteroatoms. The number of unbranched alkanes of at least 4 members (excludes halogenated alkanes) is 1. The highest BCUT2D eigenvalue weighted by atomic mass is 127. The third-order valence-corrected chi connectivity index (χ3v) is 8.42. The summed E-state index contributed by atoms with van der Waals surface area (Å²) in [6.07, 6.45) is 1.77. The van der Waals surface area contributed by atoms with Crippen molar-refractivity contribution in [1.82, 2.24) is 10.2 Å². The first-order chi connectivity index (χ1) is 17.7. The van der Waals surface area contributed by atoms with Crippen LogP contribution in [0.2, 0.25) is 0 Å². The third-order valence-electron chi connectivity index (χ3n) is 5.92. The molecule has 0 unspecified atom stereocenters. The topological polar surface area (TPSA) is 86.8 Å². The molecule has 2 amide bonds. The van der Waals surface area contributed by atoms with Gasteiger partial charge in [0.05, 0.1) is 10.6 Å². The van der Waals surface area contributed by atoms with Crippen molar-refractivity contribution in [3.05, 3.63) is 94.1 Å². The fraction of sp³-hybridized carbons (Fsp3) is 0.286. The monoisotopic (exact) mass is 633 g/mol. The Morgan fingerprint density at radius 3 is 2.11 bits per heavy atom. The van der Waals surface area contributed by atoms with E-state index in [2.05, 4.69) is 27.9 Å². The third kappa shape index (κ3) is 7.78. The number of nitrogens with one attached hydrogen (secondary N) is 1. The number of hydrogen-bond acceptors (Lipinski definition) is 4. The Morgan fingerprint density at radius 1 is 0.919 bits per heavy atom. The van der Waals surface area contributed by atoms with Gasteiger partial charge in [0.1, 0.15) is 12.6 Å². The van der Waals surface area contributed by atoms with Gasteiger partial charge in [-0.05, 0) is 77.9 Å². The number of amides is 2. The Balaban J connectivity index is 1.96. The number of sulfonamides is 1. The molecule has 1 N–H and O–H groups in total. The normalized spacial score (nSPS) is 12.0. The number of rotatable bonds is 12. The van der Waals surface area contributed by atoms with Crippen molar-refractivity contribution in [2.24, 2.45) is 0 Å². The van der Waals surface area contributed by atoms with Gasteiger partial charge < -0.3 is 10.2 Å². The Kier molecular flexibility index (Phi) is 10.5. The molecule has 0 fully saturated rings. The van der Waals surface area contributed by atoms with Crippen LogP contribution in [-0.4, -0.2) is 44.3 Å². The van der Waals surface area contributed by atoms with Crippen LogP contribution in [0.5, 0.6) is 0 Å². The van der Waals surface area contributed by atoms with Crippen molar-refractivity contribution >= 4 is 50.1 Å². The summed E-state index contributed by atoms with van der Waals surface area (Å²) in [6.45, 7) is 3.95. The van der Waals surface area contributed by atoms with Crippen LogP contribution in [-0.2, 0) is 26.2 Å². The van der Waals surface area contributed by atoms with Gasteiger partial charge in [-0.3, -0.25) is 13.9 Å². The summed E-state index contributed by atoms with van der Waals surface area (Å²) in [5, 5.41) is 2.89. The van der Waals surface area contributed by atoms with Gasteiger partial charge >= 0.3 is 0 Å². The zero-order valence-electron chi connectivity index (χ0n) is 21.0. The molecule has 0 saturated heterocycles. The molecule has 196 valence electrons. The number of nitrogens with zero attached hydrogens (tertiary/aromatic N) is 2. The summed E-state index contributed by atoms with van der Waals surface area (Å²) in [5.41, 5.74) is 1.22. The summed E-state index contributed by atoms with van der Waals surface area (Å²) in [5.74, 6) is -0.746. The van der Waals surface area contributed by atoms with E-state index in [0.717, 1.165) is 26.3 Å². The van der Waals surface area contributed by atoms with E-state index < -0.39 is 28.5 Å². The van der Waals surface area contributed by atoms with Crippen molar-refractivity contribution in [2.75, 3.05) is 17.4 Å². The Bertz CT molecular complexity index is 1270. The minimum Gasteiger partial charge on any atom is -0.354 e. The lowest BCUT2D eigenvalue weighted by molar-refractivity contribution is -0.139. The first kappa shape index (κ1) is 28.6. The summed E-state index contributed by atoms with van der Waals surface area (Å²) in [6, 6.07) is 23.5. The SMILES string of the molecule is CCCCNC(=O)[C@H](C)N(Cc1ccccc1)C(=O)CN(c1ccc(I)cc1)S(=O)(=O)c1ccccc1. The molecule has 0 aliphatic rings. The molecule has 0 saturated carbocycles. The van der Waals surface area contributed by atoms with E-state index in [1.165, 1.54) is 17.0 Å². The molecule has 0 bridgehead atoms. The molecule has 0 radical (unpaired) electrons. The highest BCUT2D eigenvalue weighted by Crippen LogP contribution is 2.25. The lowest BCUT2D eigenvalue weighted by Crippen LogP contribution is -2.51. The van der Waals surface area contributed by atoms with Gasteiger partial charge in [0.2, 0.25) is 11.8 Å². The fourth-order valence-corrected chi connectivity index (χ4v) is 5.55. The van der Waals surface area contributed by atoms with Crippen LogP contribution in [0.15, 0.2) is 89.8 Å². The van der Waals surface area contributed by atoms with E-state index in [0.29, 0.717) is 12.2 Å². The highest BCUT2D eigenvalue weighted by molar-refractivity contribution is 14.1. The molecule has 3 rings (SSSR count). The van der Waals surface area contributed by atoms with Gasteiger partial charge in [0, 0.05) is 16.7 Å². The molecular weight excluding hydrogens is 601 g/mol. The van der Waals surface area contributed by atoms with E-state index in [1.54, 1.807) is 49.4 Å². The smallest absolute Gasteiger partial charge is 0.264 e. The Morgan fingerprint density at radius 2 is 1.51 bits per heavy atom. The standard InChI is InChI=1S/C28H32IN3O4S/c1-3-4-19-30-28(34)22(2)31(20-23-11-7-5-8-12-23)27(33)21-32(25-17-15-24(29)16-18-25)37(35,36)26-13-9-6-10-14-26/h5-18,22H,3-4,19-21H2,1-2H3,(H,30,34)/t22-/m0/s1. The number of carbonyl (C=O) groups excluding carboxylic acids is 2. The van der Waals surface area contributed by atoms with Gasteiger partial charge in [-0.2, -0.15) is 0 Å². The van der Waals surface area contributed by atoms with Crippen LogP contribution in [0.3, 0.4) is 0 Å². The maximum absolute atomic E-state index is 13.8. The first-order valence-corrected chi connectivity index (χ1v) is 14.7. The van der Waals surface area contributed by atoms with Crippen molar-refractivity contribution < 1.29 is 18.0 Å². The summed E-state index contributed by atoms with van der Waals surface area (Å²) in [4.78, 5) is 28.2. The van der Waals surface area contributed by atoms with Crippen LogP contribution in [0.1, 0.15) is 32.3 Å². The maximum Gasteiger partial charge on any atom is 0.264 e. The number of anilines is 1. The molecule has 1 atom stereocenters. The van der Waals surface area contributed by atoms with Gasteiger partial charge in [0.25, 0.3) is 10.0 Å². The molecule has 0 aliphatic carbocycles. The van der Waals surface area contributed by atoms with Gasteiger partial charge in [-0.25, -0.2) is 8.42 Å². The first-order valence-electron chi connectivity index (χ1n) is 12.2. The van der Waals surface area contributed by atoms with Crippen LogP contribution < -0.4 is 9.62 Å². The lowest BCUT2D eigenvalue weighted by atomic mass is 10.1. The predicted molar refractivity (Wildman–Crippen MR) is 155 cm³/mol. The van der Waals surface area contributed by atoms with E-state index >= 15 is 0 Å². The summed E-state index contributed by atoms with van der Waals surface area (Å²) < 4.78 is 29.4. The van der Waals surface area contributed by atoms with Gasteiger partial charge in [-0.15, -0.1) is 0 Å². The van der Waals surface area contributed by atoms with E-state index in [9.17, 15) is 18.0 Å². The molecule has 0 heterocycles. The summed E-state index contributed by atoms with van der Waals surface area (Å²) >= 11 is 2.14. The largest absolute Gasteiger partial charge is 0.354 e. The Labute approximate surface area is 233 Å². The van der Waals surface area contributed by atoms with E-state index in [4.69, 9.17) is 0 Å². The van der Waals surface area contributed by atoms with Gasteiger partial charge in [0.15, 0.2) is 0 Å². The highest BCUT2D eigenvalue weighted by Gasteiger charge is 2.32. The minimum absolute atomic E-state index is 0.0846. The quantitative estimate of drug-likeness (QED) is 0.229. The van der Waals surface area contributed by atoms with Crippen LogP contribution >= 0.6 is 22.6 Å². The number of hydrogen-bond donors (Lipinski definition) is 1. The zero-order valence-corrected chi connectivity index (χ0v) is 24.0. The van der Waals surface area contributed by atoms with Crippen molar-refractivity contribution in [2.45, 2.75) is 44.2 Å². The Hall–Kier alpha value is -2.92. The minimum atomic E-state index is -4.05. The predicted octanol–water partition coefficient (Wildman–Crippen LogP) is 4.82. The zero-order chi connectivity index (χ0) is 26.8. The van der Waals surface area contributed by atoms with E-state index in [-0.39, 0.29) is 17.3 Å². The summed E-state index contributed by atoms with van der Waals surface area (Å²) in [7, 11) is -4.05. The molecule has 0 aliphatic heterocycles. The van der Waals surface area contributed by atoms with Crippen molar-refractivity contribution in [3.63, 3.8) is 0 Å². The van der Waals surface area contributed by atoms with Crippen molar-refractivity contribution in [3.8, 4) is 0 Å².